The van der Waals surface area contributed by atoms with Crippen molar-refractivity contribution in [2.45, 2.75) is 20.5 Å². The van der Waals surface area contributed by atoms with E-state index in [4.69, 9.17) is 14.2 Å². The molecule has 2 N–H and O–H groups in total. The highest BCUT2D eigenvalue weighted by atomic mass is 19.3. The summed E-state index contributed by atoms with van der Waals surface area (Å²) in [4.78, 5) is 36.1. The van der Waals surface area contributed by atoms with E-state index in [2.05, 4.69) is 15.4 Å². The van der Waals surface area contributed by atoms with Crippen molar-refractivity contribution < 1.29 is 42.1 Å². The first-order valence-corrected chi connectivity index (χ1v) is 10.0. The molecule has 0 saturated heterocycles. The third-order valence-electron chi connectivity index (χ3n) is 3.94. The maximum atomic E-state index is 12.4. The summed E-state index contributed by atoms with van der Waals surface area (Å²) >= 11 is 0. The van der Waals surface area contributed by atoms with Gasteiger partial charge in [-0.05, 0) is 44.2 Å². The van der Waals surface area contributed by atoms with Crippen LogP contribution in [0.25, 0.3) is 0 Å². The van der Waals surface area contributed by atoms with Crippen LogP contribution >= 0.6 is 0 Å². The zero-order valence-corrected chi connectivity index (χ0v) is 18.1. The molecule has 0 radical (unpaired) electrons. The van der Waals surface area contributed by atoms with Crippen LogP contribution in [0.4, 0.5) is 14.5 Å². The fourth-order valence-electron chi connectivity index (χ4n) is 2.60. The number of carbonyl (C=O) groups is 3. The molecule has 33 heavy (non-hydrogen) atoms. The Labute approximate surface area is 189 Å². The van der Waals surface area contributed by atoms with E-state index in [1.54, 1.807) is 13.0 Å². The molecule has 0 bridgehead atoms. The van der Waals surface area contributed by atoms with Gasteiger partial charge in [0.25, 0.3) is 11.8 Å². The molecule has 2 amide bonds. The van der Waals surface area contributed by atoms with Crippen molar-refractivity contribution in [1.82, 2.24) is 5.32 Å². The van der Waals surface area contributed by atoms with Crippen molar-refractivity contribution in [2.24, 2.45) is 0 Å². The van der Waals surface area contributed by atoms with Gasteiger partial charge >= 0.3 is 12.6 Å². The molecule has 0 spiro atoms. The van der Waals surface area contributed by atoms with Crippen LogP contribution in [0.1, 0.15) is 24.2 Å². The Balaban J connectivity index is 1.84. The SMILES string of the molecule is CCOc1ccc(C(=O)NCC(=O)OCC(=O)Nc2ccccc2OC(F)F)cc1OCC. The Morgan fingerprint density at radius 2 is 1.64 bits per heavy atom. The van der Waals surface area contributed by atoms with Gasteiger partial charge in [0.1, 0.15) is 12.3 Å². The van der Waals surface area contributed by atoms with E-state index in [0.29, 0.717) is 24.7 Å². The molecular weight excluding hydrogens is 442 g/mol. The molecule has 11 heteroatoms. The Hall–Kier alpha value is -3.89. The maximum absolute atomic E-state index is 12.4. The van der Waals surface area contributed by atoms with E-state index in [-0.39, 0.29) is 17.0 Å². The summed E-state index contributed by atoms with van der Waals surface area (Å²) in [5.41, 5.74) is 0.232. The van der Waals surface area contributed by atoms with Crippen LogP contribution in [0.15, 0.2) is 42.5 Å². The lowest BCUT2D eigenvalue weighted by Gasteiger charge is -2.13. The molecule has 0 aliphatic carbocycles. The number of halogens is 2. The molecule has 0 aliphatic heterocycles. The van der Waals surface area contributed by atoms with Crippen LogP contribution in [-0.4, -0.2) is 50.8 Å². The second-order valence-corrected chi connectivity index (χ2v) is 6.29. The molecule has 9 nitrogen and oxygen atoms in total. The number of anilines is 1. The van der Waals surface area contributed by atoms with E-state index in [9.17, 15) is 23.2 Å². The summed E-state index contributed by atoms with van der Waals surface area (Å²) in [7, 11) is 0. The van der Waals surface area contributed by atoms with Crippen molar-refractivity contribution in [1.29, 1.82) is 0 Å². The minimum atomic E-state index is -3.07. The largest absolute Gasteiger partial charge is 0.490 e. The minimum absolute atomic E-state index is 0.00671. The van der Waals surface area contributed by atoms with Gasteiger partial charge in [0.2, 0.25) is 0 Å². The number of hydrogen-bond acceptors (Lipinski definition) is 7. The van der Waals surface area contributed by atoms with E-state index in [0.717, 1.165) is 0 Å². The standard InChI is InChI=1S/C22H24F2N2O7/c1-3-30-17-10-9-14(11-18(17)31-4-2)21(29)25-12-20(28)32-13-19(27)26-15-7-5-6-8-16(15)33-22(23)24/h5-11,22H,3-4,12-13H2,1-2H3,(H,25,29)(H,26,27). The maximum Gasteiger partial charge on any atom is 0.387 e. The molecule has 0 fully saturated rings. The Morgan fingerprint density at radius 1 is 0.939 bits per heavy atom. The van der Waals surface area contributed by atoms with Crippen LogP contribution in [0.3, 0.4) is 0 Å². The summed E-state index contributed by atoms with van der Waals surface area (Å²) in [5.74, 6) is -1.55. The second-order valence-electron chi connectivity index (χ2n) is 6.29. The van der Waals surface area contributed by atoms with Crippen molar-refractivity contribution in [3.63, 3.8) is 0 Å². The van der Waals surface area contributed by atoms with Crippen molar-refractivity contribution >= 4 is 23.5 Å². The number of esters is 1. The molecule has 0 heterocycles. The summed E-state index contributed by atoms with van der Waals surface area (Å²) < 4.78 is 44.8. The Bertz CT molecular complexity index is 970. The Kier molecular flexibility index (Phi) is 9.87. The molecule has 2 rings (SSSR count). The molecule has 2 aromatic rings. The monoisotopic (exact) mass is 466 g/mol. The van der Waals surface area contributed by atoms with Gasteiger partial charge in [-0.3, -0.25) is 14.4 Å². The highest BCUT2D eigenvalue weighted by Gasteiger charge is 2.15. The number of alkyl halides is 2. The average molecular weight is 466 g/mol. The highest BCUT2D eigenvalue weighted by Crippen LogP contribution is 2.28. The van der Waals surface area contributed by atoms with Crippen LogP contribution in [0.5, 0.6) is 17.2 Å². The van der Waals surface area contributed by atoms with Gasteiger partial charge in [0.15, 0.2) is 18.1 Å². The zero-order chi connectivity index (χ0) is 24.2. The molecule has 0 atom stereocenters. The van der Waals surface area contributed by atoms with Crippen molar-refractivity contribution in [2.75, 3.05) is 31.7 Å². The Morgan fingerprint density at radius 3 is 2.33 bits per heavy atom. The fraction of sp³-hybridized carbons (Fsp3) is 0.318. The van der Waals surface area contributed by atoms with Gasteiger partial charge in [0.05, 0.1) is 18.9 Å². The first-order valence-electron chi connectivity index (χ1n) is 10.0. The summed E-state index contributed by atoms with van der Waals surface area (Å²) in [6, 6.07) is 10.2. The first-order chi connectivity index (χ1) is 15.8. The average Bonchev–Trinajstić information content (AvgIpc) is 2.78. The molecule has 0 aliphatic rings. The van der Waals surface area contributed by atoms with Crippen molar-refractivity contribution in [3.05, 3.63) is 48.0 Å². The predicted molar refractivity (Wildman–Crippen MR) is 114 cm³/mol. The van der Waals surface area contributed by atoms with E-state index >= 15 is 0 Å². The smallest absolute Gasteiger partial charge is 0.387 e. The molecule has 0 aromatic heterocycles. The quantitative estimate of drug-likeness (QED) is 0.463. The van der Waals surface area contributed by atoms with Gasteiger partial charge in [-0.25, -0.2) is 0 Å². The third kappa shape index (κ3) is 8.28. The van der Waals surface area contributed by atoms with Crippen LogP contribution in [-0.2, 0) is 14.3 Å². The number of benzene rings is 2. The number of rotatable bonds is 12. The van der Waals surface area contributed by atoms with E-state index < -0.39 is 37.5 Å². The molecular formula is C22H24F2N2O7. The van der Waals surface area contributed by atoms with Gasteiger partial charge in [0, 0.05) is 5.56 Å². The zero-order valence-electron chi connectivity index (χ0n) is 18.1. The van der Waals surface area contributed by atoms with Crippen LogP contribution in [0, 0.1) is 0 Å². The van der Waals surface area contributed by atoms with Gasteiger partial charge in [-0.15, -0.1) is 0 Å². The first kappa shape index (κ1) is 25.4. The molecule has 178 valence electrons. The summed E-state index contributed by atoms with van der Waals surface area (Å²) in [5, 5.41) is 4.69. The third-order valence-corrected chi connectivity index (χ3v) is 3.94. The van der Waals surface area contributed by atoms with E-state index in [1.807, 2.05) is 6.92 Å². The fourth-order valence-corrected chi connectivity index (χ4v) is 2.60. The summed E-state index contributed by atoms with van der Waals surface area (Å²) in [6.07, 6.45) is 0. The summed E-state index contributed by atoms with van der Waals surface area (Å²) in [6.45, 7) is 0.166. The number of para-hydroxylation sites is 2. The van der Waals surface area contributed by atoms with Gasteiger partial charge in [-0.1, -0.05) is 12.1 Å². The lowest BCUT2D eigenvalue weighted by molar-refractivity contribution is -0.146. The number of nitrogens with one attached hydrogen (secondary N) is 2. The van der Waals surface area contributed by atoms with E-state index in [1.165, 1.54) is 36.4 Å². The van der Waals surface area contributed by atoms with Gasteiger partial charge in [-0.2, -0.15) is 8.78 Å². The lowest BCUT2D eigenvalue weighted by Crippen LogP contribution is -2.32. The second kappa shape index (κ2) is 12.8. The topological polar surface area (TPSA) is 112 Å². The predicted octanol–water partition coefficient (Wildman–Crippen LogP) is 3.00. The number of ether oxygens (including phenoxy) is 4. The van der Waals surface area contributed by atoms with Crippen LogP contribution in [0.2, 0.25) is 0 Å². The lowest BCUT2D eigenvalue weighted by atomic mass is 10.2. The number of carbonyl (C=O) groups excluding carboxylic acids is 3. The number of hydrogen-bond donors (Lipinski definition) is 2. The number of amides is 2. The molecule has 2 aromatic carbocycles. The van der Waals surface area contributed by atoms with Crippen LogP contribution < -0.4 is 24.8 Å². The minimum Gasteiger partial charge on any atom is -0.490 e. The highest BCUT2D eigenvalue weighted by molar-refractivity contribution is 5.97. The molecule has 0 saturated carbocycles. The molecule has 0 unspecified atom stereocenters. The van der Waals surface area contributed by atoms with Gasteiger partial charge < -0.3 is 29.6 Å². The van der Waals surface area contributed by atoms with Crippen molar-refractivity contribution in [3.8, 4) is 17.2 Å². The normalized spacial score (nSPS) is 10.3.